The summed E-state index contributed by atoms with van der Waals surface area (Å²) in [6.45, 7) is 3.61. The molecule has 2 atom stereocenters. The molecule has 0 aliphatic rings. The second-order valence-corrected chi connectivity index (χ2v) is 6.11. The van der Waals surface area contributed by atoms with Crippen LogP contribution in [0.1, 0.15) is 43.2 Å². The minimum atomic E-state index is -0.892. The molecule has 2 rings (SSSR count). The van der Waals surface area contributed by atoms with Gasteiger partial charge < -0.3 is 15.2 Å². The molecule has 0 heterocycles. The molecule has 5 heteroatoms. The maximum absolute atomic E-state index is 12.3. The van der Waals surface area contributed by atoms with Crippen LogP contribution in [0.25, 0.3) is 0 Å². The summed E-state index contributed by atoms with van der Waals surface area (Å²) in [5.74, 6) is -0.771. The Labute approximate surface area is 147 Å². The Morgan fingerprint density at radius 2 is 1.76 bits per heavy atom. The van der Waals surface area contributed by atoms with Gasteiger partial charge in [-0.25, -0.2) is 0 Å². The van der Waals surface area contributed by atoms with Gasteiger partial charge in [-0.2, -0.15) is 0 Å². The third kappa shape index (κ3) is 5.08. The van der Waals surface area contributed by atoms with Crippen molar-refractivity contribution in [3.05, 3.63) is 59.7 Å². The van der Waals surface area contributed by atoms with Gasteiger partial charge in [0.1, 0.15) is 5.75 Å². The number of methoxy groups -OCH3 is 1. The van der Waals surface area contributed by atoms with Gasteiger partial charge >= 0.3 is 5.97 Å². The van der Waals surface area contributed by atoms with Crippen LogP contribution in [0, 0.1) is 0 Å². The van der Waals surface area contributed by atoms with Crippen LogP contribution in [0.3, 0.4) is 0 Å². The molecule has 0 aliphatic carbocycles. The van der Waals surface area contributed by atoms with Crippen LogP contribution in [0.5, 0.6) is 5.75 Å². The Kier molecular flexibility index (Phi) is 6.17. The van der Waals surface area contributed by atoms with Gasteiger partial charge in [0.05, 0.1) is 13.0 Å². The van der Waals surface area contributed by atoms with Crippen LogP contribution in [0.4, 0.5) is 5.69 Å². The van der Waals surface area contributed by atoms with E-state index in [4.69, 9.17) is 9.84 Å². The molecule has 2 unspecified atom stereocenters. The molecule has 1 amide bonds. The second-order valence-electron chi connectivity index (χ2n) is 6.11. The van der Waals surface area contributed by atoms with E-state index in [-0.39, 0.29) is 11.8 Å². The summed E-state index contributed by atoms with van der Waals surface area (Å²) in [5.41, 5.74) is 2.33. The van der Waals surface area contributed by atoms with Crippen molar-refractivity contribution in [1.29, 1.82) is 0 Å². The summed E-state index contributed by atoms with van der Waals surface area (Å²) in [6.07, 6.45) is 0.338. The largest absolute Gasteiger partial charge is 0.497 e. The third-order valence-corrected chi connectivity index (χ3v) is 4.22. The summed E-state index contributed by atoms with van der Waals surface area (Å²) >= 11 is 0. The first-order valence-corrected chi connectivity index (χ1v) is 8.17. The number of carboxylic acids is 1. The van der Waals surface area contributed by atoms with Crippen molar-refractivity contribution in [2.24, 2.45) is 0 Å². The zero-order valence-corrected chi connectivity index (χ0v) is 14.7. The number of carboxylic acid groups (broad SMARTS) is 1. The zero-order valence-electron chi connectivity index (χ0n) is 14.7. The minimum Gasteiger partial charge on any atom is -0.497 e. The predicted molar refractivity (Wildman–Crippen MR) is 97.1 cm³/mol. The molecule has 0 aromatic heterocycles. The lowest BCUT2D eigenvalue weighted by atomic mass is 9.97. The number of aliphatic carboxylic acids is 1. The Bertz CT molecular complexity index is 740. The molecule has 0 fully saturated rings. The molecule has 0 bridgehead atoms. The number of hydrogen-bond acceptors (Lipinski definition) is 3. The number of ether oxygens (including phenoxy) is 1. The Morgan fingerprint density at radius 1 is 1.08 bits per heavy atom. The average molecular weight is 341 g/mol. The van der Waals surface area contributed by atoms with Crippen LogP contribution in [-0.2, 0) is 9.59 Å². The highest BCUT2D eigenvalue weighted by atomic mass is 16.5. The van der Waals surface area contributed by atoms with E-state index >= 15 is 0 Å². The normalized spacial score (nSPS) is 12.9. The molecular weight excluding hydrogens is 318 g/mol. The highest BCUT2D eigenvalue weighted by molar-refractivity contribution is 5.91. The molecule has 132 valence electrons. The SMILES string of the molecule is COc1ccc(C(C)CC(=O)Nc2cccc(C(C)C(=O)O)c2)cc1. The summed E-state index contributed by atoms with van der Waals surface area (Å²) in [5, 5.41) is 11.9. The van der Waals surface area contributed by atoms with E-state index in [0.717, 1.165) is 11.3 Å². The molecule has 0 radical (unpaired) electrons. The number of carbonyl (C=O) groups excluding carboxylic acids is 1. The first kappa shape index (κ1) is 18.5. The van der Waals surface area contributed by atoms with E-state index in [1.807, 2.05) is 31.2 Å². The van der Waals surface area contributed by atoms with Crippen LogP contribution >= 0.6 is 0 Å². The lowest BCUT2D eigenvalue weighted by Crippen LogP contribution is -2.15. The maximum Gasteiger partial charge on any atom is 0.310 e. The van der Waals surface area contributed by atoms with Gasteiger partial charge in [-0.15, -0.1) is 0 Å². The van der Waals surface area contributed by atoms with Crippen LogP contribution in [0.2, 0.25) is 0 Å². The maximum atomic E-state index is 12.3. The summed E-state index contributed by atoms with van der Waals surface area (Å²) in [4.78, 5) is 23.4. The fraction of sp³-hybridized carbons (Fsp3) is 0.300. The monoisotopic (exact) mass is 341 g/mol. The molecular formula is C20H23NO4. The van der Waals surface area contributed by atoms with Gasteiger partial charge in [-0.1, -0.05) is 31.2 Å². The van der Waals surface area contributed by atoms with Crippen LogP contribution < -0.4 is 10.1 Å². The van der Waals surface area contributed by atoms with Gasteiger partial charge in [-0.05, 0) is 48.2 Å². The first-order valence-electron chi connectivity index (χ1n) is 8.17. The number of rotatable bonds is 7. The van der Waals surface area contributed by atoms with E-state index in [0.29, 0.717) is 17.7 Å². The third-order valence-electron chi connectivity index (χ3n) is 4.22. The minimum absolute atomic E-state index is 0.0621. The smallest absolute Gasteiger partial charge is 0.310 e. The number of amides is 1. The molecule has 2 N–H and O–H groups in total. The van der Waals surface area contributed by atoms with Crippen LogP contribution in [-0.4, -0.2) is 24.1 Å². The van der Waals surface area contributed by atoms with Gasteiger partial charge in [0, 0.05) is 12.1 Å². The molecule has 0 saturated carbocycles. The summed E-state index contributed by atoms with van der Waals surface area (Å²) < 4.78 is 5.14. The number of anilines is 1. The predicted octanol–water partition coefficient (Wildman–Crippen LogP) is 4.02. The molecule has 2 aromatic rings. The Morgan fingerprint density at radius 3 is 2.36 bits per heavy atom. The van der Waals surface area contributed by atoms with Gasteiger partial charge in [0.25, 0.3) is 0 Å². The molecule has 0 aliphatic heterocycles. The Hall–Kier alpha value is -2.82. The molecule has 0 saturated heterocycles. The van der Waals surface area contributed by atoms with Crippen LogP contribution in [0.15, 0.2) is 48.5 Å². The van der Waals surface area contributed by atoms with Gasteiger partial charge in [0.2, 0.25) is 5.91 Å². The summed E-state index contributed by atoms with van der Waals surface area (Å²) in [7, 11) is 1.62. The van der Waals surface area contributed by atoms with E-state index < -0.39 is 11.9 Å². The van der Waals surface area contributed by atoms with Gasteiger partial charge in [0.15, 0.2) is 0 Å². The van der Waals surface area contributed by atoms with Crippen molar-refractivity contribution in [2.45, 2.75) is 32.1 Å². The molecule has 25 heavy (non-hydrogen) atoms. The van der Waals surface area contributed by atoms with E-state index in [1.54, 1.807) is 38.3 Å². The highest BCUT2D eigenvalue weighted by Crippen LogP contribution is 2.23. The van der Waals surface area contributed by atoms with Crippen molar-refractivity contribution in [3.63, 3.8) is 0 Å². The van der Waals surface area contributed by atoms with Crippen molar-refractivity contribution in [1.82, 2.24) is 0 Å². The molecule has 0 spiro atoms. The lowest BCUT2D eigenvalue weighted by molar-refractivity contribution is -0.138. The van der Waals surface area contributed by atoms with Crippen molar-refractivity contribution in [3.8, 4) is 5.75 Å². The average Bonchev–Trinajstić information content (AvgIpc) is 2.61. The number of carbonyl (C=O) groups is 2. The lowest BCUT2D eigenvalue weighted by Gasteiger charge is -2.14. The van der Waals surface area contributed by atoms with Gasteiger partial charge in [-0.3, -0.25) is 9.59 Å². The van der Waals surface area contributed by atoms with Crippen molar-refractivity contribution < 1.29 is 19.4 Å². The Balaban J connectivity index is 1.99. The van der Waals surface area contributed by atoms with Crippen molar-refractivity contribution in [2.75, 3.05) is 12.4 Å². The number of benzene rings is 2. The van der Waals surface area contributed by atoms with Crippen molar-refractivity contribution >= 4 is 17.6 Å². The quantitative estimate of drug-likeness (QED) is 0.798. The number of hydrogen-bond donors (Lipinski definition) is 2. The first-order chi connectivity index (χ1) is 11.9. The second kappa shape index (κ2) is 8.33. The molecule has 2 aromatic carbocycles. The fourth-order valence-electron chi connectivity index (χ4n) is 2.57. The van der Waals surface area contributed by atoms with E-state index in [2.05, 4.69) is 5.32 Å². The number of nitrogens with one attached hydrogen (secondary N) is 1. The van der Waals surface area contributed by atoms with E-state index in [9.17, 15) is 9.59 Å². The molecule has 5 nitrogen and oxygen atoms in total. The topological polar surface area (TPSA) is 75.6 Å². The summed E-state index contributed by atoms with van der Waals surface area (Å²) in [6, 6.07) is 14.6. The standard InChI is InChI=1S/C20H23NO4/c1-13(15-7-9-18(25-3)10-8-15)11-19(22)21-17-6-4-5-16(12-17)14(2)20(23)24/h4-10,12-14H,11H2,1-3H3,(H,21,22)(H,23,24). The van der Waals surface area contributed by atoms with E-state index in [1.165, 1.54) is 0 Å². The fourth-order valence-corrected chi connectivity index (χ4v) is 2.57. The zero-order chi connectivity index (χ0) is 18.4. The highest BCUT2D eigenvalue weighted by Gasteiger charge is 2.15.